The molecular weight excluding hydrogens is 172 g/mol. The topological polar surface area (TPSA) is 17.1 Å². The van der Waals surface area contributed by atoms with E-state index in [4.69, 9.17) is 11.6 Å². The summed E-state index contributed by atoms with van der Waals surface area (Å²) in [6, 6.07) is 5.49. The lowest BCUT2D eigenvalue weighted by Crippen LogP contribution is -1.89. The van der Waals surface area contributed by atoms with E-state index in [0.717, 1.165) is 16.1 Å². The van der Waals surface area contributed by atoms with E-state index >= 15 is 0 Å². The number of carbonyl (C=O) groups excluding carboxylic acids is 1. The zero-order valence-corrected chi connectivity index (χ0v) is 7.56. The number of hydrogen-bond donors (Lipinski definition) is 0. The Bertz CT molecular complexity index is 344. The summed E-state index contributed by atoms with van der Waals surface area (Å²) in [7, 11) is 0. The molecule has 0 unspecified atom stereocenters. The zero-order valence-electron chi connectivity index (χ0n) is 6.80. The monoisotopic (exact) mass is 180 g/mol. The Labute approximate surface area is 76.4 Å². The quantitative estimate of drug-likeness (QED) is 0.600. The molecule has 1 aliphatic rings. The average Bonchev–Trinajstić information content (AvgIpc) is 2.28. The Morgan fingerprint density at radius 3 is 3.00 bits per heavy atom. The summed E-state index contributed by atoms with van der Waals surface area (Å²) >= 11 is 5.83. The van der Waals surface area contributed by atoms with E-state index in [9.17, 15) is 4.79 Å². The van der Waals surface area contributed by atoms with Crippen LogP contribution in [0, 0.1) is 0 Å². The van der Waals surface area contributed by atoms with E-state index < -0.39 is 0 Å². The first-order valence-electron chi connectivity index (χ1n) is 4.01. The predicted molar refractivity (Wildman–Crippen MR) is 48.8 cm³/mol. The third-order valence-corrected chi connectivity index (χ3v) is 2.57. The summed E-state index contributed by atoms with van der Waals surface area (Å²) in [5.74, 6) is 0.584. The predicted octanol–water partition coefficient (Wildman–Crippen LogP) is 3.03. The second kappa shape index (κ2) is 2.60. The van der Waals surface area contributed by atoms with E-state index in [1.54, 1.807) is 6.07 Å². The Hall–Kier alpha value is -0.820. The van der Waals surface area contributed by atoms with Crippen molar-refractivity contribution in [2.75, 3.05) is 0 Å². The standard InChI is InChI=1S/C10H9ClO/c1-6-4-10(12)8-3-2-7(11)5-9(6)8/h2-3,5-6H,4H2,1H3/t6-/m0/s1. The maximum absolute atomic E-state index is 11.3. The largest absolute Gasteiger partial charge is 0.294 e. The fourth-order valence-electron chi connectivity index (χ4n) is 1.69. The number of fused-ring (bicyclic) bond motifs is 1. The van der Waals surface area contributed by atoms with Crippen molar-refractivity contribution in [1.82, 2.24) is 0 Å². The molecule has 62 valence electrons. The van der Waals surface area contributed by atoms with Gasteiger partial charge >= 0.3 is 0 Å². The Morgan fingerprint density at radius 1 is 1.50 bits per heavy atom. The normalized spacial score (nSPS) is 21.2. The fourth-order valence-corrected chi connectivity index (χ4v) is 1.87. The molecule has 0 radical (unpaired) electrons. The van der Waals surface area contributed by atoms with Crippen LogP contribution >= 0.6 is 11.6 Å². The Balaban J connectivity index is 2.60. The van der Waals surface area contributed by atoms with Gasteiger partial charge in [-0.3, -0.25) is 4.79 Å². The number of benzene rings is 1. The van der Waals surface area contributed by atoms with Crippen molar-refractivity contribution in [2.45, 2.75) is 19.3 Å². The SMILES string of the molecule is C[C@H]1CC(=O)c2ccc(Cl)cc21. The first kappa shape index (κ1) is 7.81. The summed E-state index contributed by atoms with van der Waals surface area (Å²) in [5, 5.41) is 0.718. The lowest BCUT2D eigenvalue weighted by molar-refractivity contribution is 0.0990. The van der Waals surface area contributed by atoms with Crippen LogP contribution in [-0.2, 0) is 0 Å². The second-order valence-electron chi connectivity index (χ2n) is 3.26. The van der Waals surface area contributed by atoms with E-state index in [2.05, 4.69) is 6.92 Å². The molecule has 0 fully saturated rings. The molecule has 1 aromatic carbocycles. The van der Waals surface area contributed by atoms with Gasteiger partial charge in [-0.2, -0.15) is 0 Å². The highest BCUT2D eigenvalue weighted by atomic mass is 35.5. The summed E-state index contributed by atoms with van der Waals surface area (Å²) in [5.41, 5.74) is 1.96. The molecule has 1 aliphatic carbocycles. The van der Waals surface area contributed by atoms with E-state index in [1.165, 1.54) is 0 Å². The summed E-state index contributed by atoms with van der Waals surface area (Å²) in [6.45, 7) is 2.06. The molecule has 1 nitrogen and oxygen atoms in total. The van der Waals surface area contributed by atoms with Crippen molar-refractivity contribution >= 4 is 17.4 Å². The van der Waals surface area contributed by atoms with E-state index in [1.807, 2.05) is 12.1 Å². The van der Waals surface area contributed by atoms with Gasteiger partial charge < -0.3 is 0 Å². The summed E-state index contributed by atoms with van der Waals surface area (Å²) in [6.07, 6.45) is 0.635. The smallest absolute Gasteiger partial charge is 0.163 e. The van der Waals surface area contributed by atoms with Crippen molar-refractivity contribution < 1.29 is 4.79 Å². The number of carbonyl (C=O) groups is 1. The number of ketones is 1. The fraction of sp³-hybridized carbons (Fsp3) is 0.300. The van der Waals surface area contributed by atoms with Gasteiger partial charge in [-0.1, -0.05) is 18.5 Å². The van der Waals surface area contributed by atoms with Gasteiger partial charge in [0, 0.05) is 17.0 Å². The van der Waals surface area contributed by atoms with Crippen LogP contribution in [0.1, 0.15) is 35.2 Å². The highest BCUT2D eigenvalue weighted by molar-refractivity contribution is 6.30. The first-order valence-corrected chi connectivity index (χ1v) is 4.39. The molecular formula is C10H9ClO. The van der Waals surface area contributed by atoms with Crippen molar-refractivity contribution in [3.63, 3.8) is 0 Å². The second-order valence-corrected chi connectivity index (χ2v) is 3.70. The van der Waals surface area contributed by atoms with Crippen LogP contribution in [0.4, 0.5) is 0 Å². The maximum Gasteiger partial charge on any atom is 0.163 e. The molecule has 1 aromatic rings. The average molecular weight is 181 g/mol. The number of Topliss-reactive ketones (excluding diaryl/α,β-unsaturated/α-hetero) is 1. The number of hydrogen-bond acceptors (Lipinski definition) is 1. The van der Waals surface area contributed by atoms with Crippen molar-refractivity contribution in [2.24, 2.45) is 0 Å². The molecule has 0 bridgehead atoms. The lowest BCUT2D eigenvalue weighted by Gasteiger charge is -2.01. The van der Waals surface area contributed by atoms with Crippen LogP contribution in [0.3, 0.4) is 0 Å². The van der Waals surface area contributed by atoms with Crippen molar-refractivity contribution in [1.29, 1.82) is 0 Å². The zero-order chi connectivity index (χ0) is 8.72. The molecule has 1 atom stereocenters. The molecule has 0 heterocycles. The van der Waals surface area contributed by atoms with Crippen LogP contribution < -0.4 is 0 Å². The minimum atomic E-state index is 0.245. The van der Waals surface area contributed by atoms with Crippen LogP contribution in [-0.4, -0.2) is 5.78 Å². The molecule has 0 spiro atoms. The van der Waals surface area contributed by atoms with Gasteiger partial charge in [0.25, 0.3) is 0 Å². The highest BCUT2D eigenvalue weighted by Crippen LogP contribution is 2.33. The van der Waals surface area contributed by atoms with Gasteiger partial charge in [-0.25, -0.2) is 0 Å². The Morgan fingerprint density at radius 2 is 2.25 bits per heavy atom. The third kappa shape index (κ3) is 1.05. The van der Waals surface area contributed by atoms with Crippen LogP contribution in [0.2, 0.25) is 5.02 Å². The van der Waals surface area contributed by atoms with Gasteiger partial charge in [0.2, 0.25) is 0 Å². The summed E-state index contributed by atoms with van der Waals surface area (Å²) < 4.78 is 0. The van der Waals surface area contributed by atoms with E-state index in [0.29, 0.717) is 12.3 Å². The van der Waals surface area contributed by atoms with Crippen molar-refractivity contribution in [3.05, 3.63) is 34.3 Å². The molecule has 0 amide bonds. The highest BCUT2D eigenvalue weighted by Gasteiger charge is 2.25. The Kier molecular flexibility index (Phi) is 1.69. The van der Waals surface area contributed by atoms with Gasteiger partial charge in [0.1, 0.15) is 0 Å². The minimum absolute atomic E-state index is 0.245. The molecule has 0 saturated carbocycles. The third-order valence-electron chi connectivity index (χ3n) is 2.34. The van der Waals surface area contributed by atoms with Crippen LogP contribution in [0.5, 0.6) is 0 Å². The molecule has 2 rings (SSSR count). The van der Waals surface area contributed by atoms with E-state index in [-0.39, 0.29) is 5.78 Å². The number of rotatable bonds is 0. The lowest BCUT2D eigenvalue weighted by atomic mass is 10.0. The molecule has 0 saturated heterocycles. The van der Waals surface area contributed by atoms with Gasteiger partial charge in [0.05, 0.1) is 0 Å². The molecule has 0 N–H and O–H groups in total. The van der Waals surface area contributed by atoms with Gasteiger partial charge in [0.15, 0.2) is 5.78 Å². The molecule has 0 aliphatic heterocycles. The van der Waals surface area contributed by atoms with Crippen molar-refractivity contribution in [3.8, 4) is 0 Å². The molecule has 12 heavy (non-hydrogen) atoms. The molecule has 2 heteroatoms. The maximum atomic E-state index is 11.3. The van der Waals surface area contributed by atoms with Crippen LogP contribution in [0.25, 0.3) is 0 Å². The molecule has 0 aromatic heterocycles. The number of halogens is 1. The first-order chi connectivity index (χ1) is 5.68. The summed E-state index contributed by atoms with van der Waals surface area (Å²) in [4.78, 5) is 11.3. The van der Waals surface area contributed by atoms with Gasteiger partial charge in [-0.15, -0.1) is 0 Å². The van der Waals surface area contributed by atoms with Gasteiger partial charge in [-0.05, 0) is 29.7 Å². The minimum Gasteiger partial charge on any atom is -0.294 e. The van der Waals surface area contributed by atoms with Crippen LogP contribution in [0.15, 0.2) is 18.2 Å².